The second-order valence-corrected chi connectivity index (χ2v) is 7.97. The summed E-state index contributed by atoms with van der Waals surface area (Å²) in [5.74, 6) is 0.663. The summed E-state index contributed by atoms with van der Waals surface area (Å²) in [6.07, 6.45) is 2.82. The Morgan fingerprint density at radius 3 is 2.13 bits per heavy atom. The van der Waals surface area contributed by atoms with E-state index in [9.17, 15) is 9.59 Å². The molecule has 1 saturated heterocycles. The molecule has 7 heteroatoms. The summed E-state index contributed by atoms with van der Waals surface area (Å²) >= 11 is 0. The Labute approximate surface area is 180 Å². The van der Waals surface area contributed by atoms with Gasteiger partial charge in [-0.1, -0.05) is 36.4 Å². The molecule has 158 valence electrons. The van der Waals surface area contributed by atoms with Gasteiger partial charge in [0, 0.05) is 26.1 Å². The summed E-state index contributed by atoms with van der Waals surface area (Å²) in [5.41, 5.74) is 2.83. The molecule has 0 radical (unpaired) electrons. The van der Waals surface area contributed by atoms with Crippen molar-refractivity contribution in [3.8, 4) is 0 Å². The highest BCUT2D eigenvalue weighted by Crippen LogP contribution is 2.28. The van der Waals surface area contributed by atoms with Crippen LogP contribution in [-0.4, -0.2) is 40.5 Å². The molecule has 0 spiro atoms. The molecule has 2 aromatic carbocycles. The van der Waals surface area contributed by atoms with Crippen molar-refractivity contribution in [2.45, 2.75) is 25.8 Å². The molecule has 5 rings (SSSR count). The SMILES string of the molecule is O=C(N1CCc2nc(N3CCCC3)[nH]c(=O)c2C1)N(c1ccccc1)c1ccccc1. The topological polar surface area (TPSA) is 72.5 Å². The van der Waals surface area contributed by atoms with Crippen molar-refractivity contribution in [1.29, 1.82) is 0 Å². The van der Waals surface area contributed by atoms with Crippen LogP contribution >= 0.6 is 0 Å². The Morgan fingerprint density at radius 2 is 1.52 bits per heavy atom. The lowest BCUT2D eigenvalue weighted by Crippen LogP contribution is -2.45. The number of urea groups is 1. The number of benzene rings is 2. The molecule has 2 aliphatic rings. The molecule has 3 heterocycles. The molecule has 1 aromatic heterocycles. The van der Waals surface area contributed by atoms with Crippen molar-refractivity contribution in [2.75, 3.05) is 29.4 Å². The molecule has 7 nitrogen and oxygen atoms in total. The van der Waals surface area contributed by atoms with Crippen molar-refractivity contribution in [3.63, 3.8) is 0 Å². The van der Waals surface area contributed by atoms with Gasteiger partial charge in [-0.25, -0.2) is 9.78 Å². The largest absolute Gasteiger partial charge is 0.342 e. The third-order valence-corrected chi connectivity index (χ3v) is 5.95. The Balaban J connectivity index is 1.44. The number of nitrogens with one attached hydrogen (secondary N) is 1. The molecule has 0 aliphatic carbocycles. The molecule has 0 bridgehead atoms. The van der Waals surface area contributed by atoms with E-state index in [4.69, 9.17) is 4.98 Å². The van der Waals surface area contributed by atoms with Gasteiger partial charge in [-0.3, -0.25) is 14.7 Å². The molecule has 2 amide bonds. The monoisotopic (exact) mass is 415 g/mol. The Morgan fingerprint density at radius 1 is 0.903 bits per heavy atom. The van der Waals surface area contributed by atoms with Crippen molar-refractivity contribution >= 4 is 23.4 Å². The van der Waals surface area contributed by atoms with Gasteiger partial charge >= 0.3 is 6.03 Å². The van der Waals surface area contributed by atoms with E-state index in [1.165, 1.54) is 0 Å². The number of aromatic amines is 1. The molecule has 1 fully saturated rings. The molecule has 3 aromatic rings. The van der Waals surface area contributed by atoms with Gasteiger partial charge in [0.05, 0.1) is 29.2 Å². The van der Waals surface area contributed by atoms with E-state index in [-0.39, 0.29) is 18.1 Å². The fraction of sp³-hybridized carbons (Fsp3) is 0.292. The third-order valence-electron chi connectivity index (χ3n) is 5.95. The molecule has 0 unspecified atom stereocenters. The second-order valence-electron chi connectivity index (χ2n) is 7.97. The Kier molecular flexibility index (Phi) is 5.16. The zero-order valence-electron chi connectivity index (χ0n) is 17.3. The highest BCUT2D eigenvalue weighted by molar-refractivity contribution is 5.99. The number of rotatable bonds is 3. The minimum absolute atomic E-state index is 0.143. The predicted molar refractivity (Wildman–Crippen MR) is 121 cm³/mol. The lowest BCUT2D eigenvalue weighted by atomic mass is 10.1. The second kappa shape index (κ2) is 8.26. The van der Waals surface area contributed by atoms with Gasteiger partial charge < -0.3 is 9.80 Å². The number of carbonyl (C=O) groups is 1. The van der Waals surface area contributed by atoms with Crippen LogP contribution in [0.1, 0.15) is 24.1 Å². The number of nitrogens with zero attached hydrogens (tertiary/aromatic N) is 4. The zero-order valence-corrected chi connectivity index (χ0v) is 17.3. The van der Waals surface area contributed by atoms with E-state index in [1.54, 1.807) is 9.80 Å². The quantitative estimate of drug-likeness (QED) is 0.708. The fourth-order valence-corrected chi connectivity index (χ4v) is 4.32. The summed E-state index contributed by atoms with van der Waals surface area (Å²) in [6, 6.07) is 19.0. The van der Waals surface area contributed by atoms with Gasteiger partial charge in [0.15, 0.2) is 0 Å². The maximum absolute atomic E-state index is 13.6. The van der Waals surface area contributed by atoms with E-state index in [1.807, 2.05) is 60.7 Å². The summed E-state index contributed by atoms with van der Waals surface area (Å²) in [6.45, 7) is 2.63. The van der Waals surface area contributed by atoms with Gasteiger partial charge in [0.1, 0.15) is 0 Å². The first-order valence-electron chi connectivity index (χ1n) is 10.8. The zero-order chi connectivity index (χ0) is 21.2. The number of hydrogen-bond donors (Lipinski definition) is 1. The lowest BCUT2D eigenvalue weighted by Gasteiger charge is -2.33. The smallest absolute Gasteiger partial charge is 0.329 e. The van der Waals surface area contributed by atoms with Gasteiger partial charge in [-0.2, -0.15) is 0 Å². The molecule has 1 N–H and O–H groups in total. The number of anilines is 3. The summed E-state index contributed by atoms with van der Waals surface area (Å²) in [7, 11) is 0. The van der Waals surface area contributed by atoms with Crippen molar-refractivity contribution in [1.82, 2.24) is 14.9 Å². The van der Waals surface area contributed by atoms with Crippen LogP contribution in [0, 0.1) is 0 Å². The first-order chi connectivity index (χ1) is 15.2. The average Bonchev–Trinajstić information content (AvgIpc) is 3.35. The van der Waals surface area contributed by atoms with Crippen molar-refractivity contribution in [3.05, 3.63) is 82.3 Å². The van der Waals surface area contributed by atoms with E-state index in [2.05, 4.69) is 9.88 Å². The molecular weight excluding hydrogens is 390 g/mol. The van der Waals surface area contributed by atoms with Crippen LogP contribution in [0.2, 0.25) is 0 Å². The van der Waals surface area contributed by atoms with Crippen LogP contribution in [0.5, 0.6) is 0 Å². The first kappa shape index (κ1) is 19.4. The number of aromatic nitrogens is 2. The van der Waals surface area contributed by atoms with E-state index < -0.39 is 0 Å². The highest BCUT2D eigenvalue weighted by Gasteiger charge is 2.30. The summed E-state index contributed by atoms with van der Waals surface area (Å²) in [4.78, 5) is 39.7. The normalized spacial score (nSPS) is 15.6. The minimum Gasteiger partial charge on any atom is -0.342 e. The standard InChI is InChI=1S/C24H25N5O2/c30-22-20-17-28(16-13-21(20)25-23(26-22)27-14-7-8-15-27)24(31)29(18-9-3-1-4-10-18)19-11-5-2-6-12-19/h1-6,9-12H,7-8,13-17H2,(H,25,26,30). The average molecular weight is 415 g/mol. The summed E-state index contributed by atoms with van der Waals surface area (Å²) < 4.78 is 0. The predicted octanol–water partition coefficient (Wildman–Crippen LogP) is 3.69. The van der Waals surface area contributed by atoms with E-state index in [0.29, 0.717) is 24.5 Å². The number of fused-ring (bicyclic) bond motifs is 1. The number of hydrogen-bond acceptors (Lipinski definition) is 4. The van der Waals surface area contributed by atoms with Crippen molar-refractivity contribution < 1.29 is 4.79 Å². The molecule has 0 saturated carbocycles. The number of para-hydroxylation sites is 2. The first-order valence-corrected chi connectivity index (χ1v) is 10.8. The van der Waals surface area contributed by atoms with Crippen LogP contribution in [0.4, 0.5) is 22.1 Å². The summed E-state index contributed by atoms with van der Waals surface area (Å²) in [5, 5.41) is 0. The van der Waals surface area contributed by atoms with Gasteiger partial charge in [0.25, 0.3) is 5.56 Å². The van der Waals surface area contributed by atoms with Crippen molar-refractivity contribution in [2.24, 2.45) is 0 Å². The number of amides is 2. The molecular formula is C24H25N5O2. The van der Waals surface area contributed by atoms with Crippen LogP contribution in [-0.2, 0) is 13.0 Å². The van der Waals surface area contributed by atoms with E-state index >= 15 is 0 Å². The fourth-order valence-electron chi connectivity index (χ4n) is 4.32. The molecule has 31 heavy (non-hydrogen) atoms. The minimum atomic E-state index is -0.147. The number of carbonyl (C=O) groups excluding carboxylic acids is 1. The maximum atomic E-state index is 13.6. The number of H-pyrrole nitrogens is 1. The van der Waals surface area contributed by atoms with Gasteiger partial charge in [0.2, 0.25) is 5.95 Å². The maximum Gasteiger partial charge on any atom is 0.329 e. The molecule has 0 atom stereocenters. The molecule has 2 aliphatic heterocycles. The van der Waals surface area contributed by atoms with Gasteiger partial charge in [-0.05, 0) is 37.1 Å². The van der Waals surface area contributed by atoms with Crippen LogP contribution in [0.3, 0.4) is 0 Å². The highest BCUT2D eigenvalue weighted by atomic mass is 16.2. The van der Waals surface area contributed by atoms with Crippen LogP contribution in [0.15, 0.2) is 65.5 Å². The Bertz CT molecular complexity index is 1080. The van der Waals surface area contributed by atoms with Crippen LogP contribution < -0.4 is 15.4 Å². The third kappa shape index (κ3) is 3.79. The Hall–Kier alpha value is -3.61. The van der Waals surface area contributed by atoms with Crippen LogP contribution in [0.25, 0.3) is 0 Å². The lowest BCUT2D eigenvalue weighted by molar-refractivity contribution is 0.201. The van der Waals surface area contributed by atoms with E-state index in [0.717, 1.165) is 43.0 Å². The van der Waals surface area contributed by atoms with Gasteiger partial charge in [-0.15, -0.1) is 0 Å².